The highest BCUT2D eigenvalue weighted by Gasteiger charge is 2.23. The molecule has 2 aliphatic rings. The van der Waals surface area contributed by atoms with Crippen LogP contribution in [-0.2, 0) is 12.8 Å². The average molecular weight is 348 g/mol. The third-order valence-corrected chi connectivity index (χ3v) is 5.64. The van der Waals surface area contributed by atoms with Crippen molar-refractivity contribution >= 4 is 6.03 Å². The highest BCUT2D eigenvalue weighted by molar-refractivity contribution is 5.74. The van der Waals surface area contributed by atoms with Gasteiger partial charge in [0.25, 0.3) is 0 Å². The number of rotatable bonds is 6. The van der Waals surface area contributed by atoms with Gasteiger partial charge in [0.2, 0.25) is 0 Å². The van der Waals surface area contributed by atoms with Crippen LogP contribution in [0, 0.1) is 11.8 Å². The largest absolute Gasteiger partial charge is 0.338 e. The summed E-state index contributed by atoms with van der Waals surface area (Å²) in [5.41, 5.74) is 2.47. The standard InChI is InChI=1S/C19H33N5O/c1-14(2)5-8-24-9-6-15(7-10-24)12-20-19(25)22-17-4-3-16-13-21-23-18(16)11-17/h13-15,17H,3-12H2,1-2H3,(H,21,23)(H2,20,22,25)/t17-/m0/s1. The zero-order valence-corrected chi connectivity index (χ0v) is 15.7. The lowest BCUT2D eigenvalue weighted by Crippen LogP contribution is -2.46. The summed E-state index contributed by atoms with van der Waals surface area (Å²) in [7, 11) is 0. The summed E-state index contributed by atoms with van der Waals surface area (Å²) >= 11 is 0. The Hall–Kier alpha value is -1.56. The van der Waals surface area contributed by atoms with Gasteiger partial charge in [0.15, 0.2) is 0 Å². The van der Waals surface area contributed by atoms with Crippen LogP contribution in [0.5, 0.6) is 0 Å². The Morgan fingerprint density at radius 3 is 2.92 bits per heavy atom. The number of H-pyrrole nitrogens is 1. The molecule has 0 radical (unpaired) electrons. The summed E-state index contributed by atoms with van der Waals surface area (Å²) in [6.07, 6.45) is 8.42. The van der Waals surface area contributed by atoms with E-state index in [1.54, 1.807) is 0 Å². The van der Waals surface area contributed by atoms with Crippen LogP contribution in [0.4, 0.5) is 4.79 Å². The van der Waals surface area contributed by atoms with Gasteiger partial charge in [-0.25, -0.2) is 4.79 Å². The van der Waals surface area contributed by atoms with E-state index in [-0.39, 0.29) is 12.1 Å². The summed E-state index contributed by atoms with van der Waals surface area (Å²) in [5, 5.41) is 13.3. The maximum absolute atomic E-state index is 12.2. The predicted molar refractivity (Wildman–Crippen MR) is 99.6 cm³/mol. The van der Waals surface area contributed by atoms with E-state index in [2.05, 4.69) is 39.6 Å². The number of aromatic nitrogens is 2. The molecule has 1 aliphatic carbocycles. The second-order valence-electron chi connectivity index (χ2n) is 8.14. The number of urea groups is 1. The van der Waals surface area contributed by atoms with E-state index in [1.165, 1.54) is 50.2 Å². The van der Waals surface area contributed by atoms with Crippen molar-refractivity contribution in [2.75, 3.05) is 26.2 Å². The second kappa shape index (κ2) is 8.70. The molecule has 2 heterocycles. The first-order chi connectivity index (χ1) is 12.1. The number of nitrogens with one attached hydrogen (secondary N) is 3. The third-order valence-electron chi connectivity index (χ3n) is 5.64. The molecule has 1 aromatic heterocycles. The Labute approximate surface area is 151 Å². The van der Waals surface area contributed by atoms with Gasteiger partial charge in [-0.05, 0) is 69.1 Å². The monoisotopic (exact) mass is 347 g/mol. The summed E-state index contributed by atoms with van der Waals surface area (Å²) < 4.78 is 0. The van der Waals surface area contributed by atoms with Crippen molar-refractivity contribution in [3.63, 3.8) is 0 Å². The Bertz CT molecular complexity index is 548. The van der Waals surface area contributed by atoms with Gasteiger partial charge in [-0.2, -0.15) is 5.10 Å². The molecule has 3 rings (SSSR count). The van der Waals surface area contributed by atoms with Gasteiger partial charge in [-0.15, -0.1) is 0 Å². The van der Waals surface area contributed by atoms with E-state index in [1.807, 2.05) is 6.20 Å². The molecular weight excluding hydrogens is 314 g/mol. The van der Waals surface area contributed by atoms with Crippen molar-refractivity contribution in [2.45, 2.75) is 58.4 Å². The van der Waals surface area contributed by atoms with Gasteiger partial charge in [-0.1, -0.05) is 13.8 Å². The number of carbonyl (C=O) groups excluding carboxylic acids is 1. The highest BCUT2D eigenvalue weighted by atomic mass is 16.2. The molecular formula is C19H33N5O. The zero-order chi connectivity index (χ0) is 17.6. The Balaban J connectivity index is 1.31. The number of nitrogens with zero attached hydrogens (tertiary/aromatic N) is 2. The number of piperidine rings is 1. The number of aryl methyl sites for hydroxylation is 1. The minimum absolute atomic E-state index is 0.0183. The quantitative estimate of drug-likeness (QED) is 0.739. The van der Waals surface area contributed by atoms with Gasteiger partial charge in [-0.3, -0.25) is 5.10 Å². The molecule has 1 atom stereocenters. The van der Waals surface area contributed by atoms with Gasteiger partial charge in [0, 0.05) is 24.7 Å². The molecule has 1 fully saturated rings. The maximum atomic E-state index is 12.2. The Kier molecular flexibility index (Phi) is 6.34. The van der Waals surface area contributed by atoms with Crippen molar-refractivity contribution in [1.29, 1.82) is 0 Å². The van der Waals surface area contributed by atoms with E-state index >= 15 is 0 Å². The zero-order valence-electron chi connectivity index (χ0n) is 15.7. The van der Waals surface area contributed by atoms with Crippen molar-refractivity contribution in [3.8, 4) is 0 Å². The lowest BCUT2D eigenvalue weighted by atomic mass is 9.94. The lowest BCUT2D eigenvalue weighted by molar-refractivity contribution is 0.174. The van der Waals surface area contributed by atoms with Crippen molar-refractivity contribution in [1.82, 2.24) is 25.7 Å². The number of hydrogen-bond donors (Lipinski definition) is 3. The molecule has 0 aromatic carbocycles. The van der Waals surface area contributed by atoms with E-state index in [0.29, 0.717) is 5.92 Å². The Morgan fingerprint density at radius 1 is 1.36 bits per heavy atom. The maximum Gasteiger partial charge on any atom is 0.315 e. The van der Waals surface area contributed by atoms with Crippen LogP contribution in [0.25, 0.3) is 0 Å². The SMILES string of the molecule is CC(C)CCN1CCC(CNC(=O)N[C@H]2CCc3cn[nH]c3C2)CC1. The van der Waals surface area contributed by atoms with Crippen LogP contribution in [0.2, 0.25) is 0 Å². The lowest BCUT2D eigenvalue weighted by Gasteiger charge is -2.32. The van der Waals surface area contributed by atoms with Crippen LogP contribution in [-0.4, -0.2) is 53.3 Å². The fourth-order valence-corrected chi connectivity index (χ4v) is 3.86. The van der Waals surface area contributed by atoms with E-state index < -0.39 is 0 Å². The summed E-state index contributed by atoms with van der Waals surface area (Å²) in [4.78, 5) is 14.8. The van der Waals surface area contributed by atoms with Crippen LogP contribution in [0.1, 0.15) is 50.8 Å². The molecule has 3 N–H and O–H groups in total. The molecule has 1 aromatic rings. The summed E-state index contributed by atoms with van der Waals surface area (Å²) in [6, 6.07) is 0.195. The number of aromatic amines is 1. The first-order valence-corrected chi connectivity index (χ1v) is 9.88. The van der Waals surface area contributed by atoms with Crippen LogP contribution in [0.3, 0.4) is 0 Å². The minimum Gasteiger partial charge on any atom is -0.338 e. The molecule has 0 saturated carbocycles. The minimum atomic E-state index is -0.0183. The van der Waals surface area contributed by atoms with Crippen molar-refractivity contribution in [2.24, 2.45) is 11.8 Å². The van der Waals surface area contributed by atoms with Crippen molar-refractivity contribution < 1.29 is 4.79 Å². The smallest absolute Gasteiger partial charge is 0.315 e. The number of amides is 2. The normalized spacial score (nSPS) is 22.0. The van der Waals surface area contributed by atoms with Crippen LogP contribution in [0.15, 0.2) is 6.20 Å². The first-order valence-electron chi connectivity index (χ1n) is 9.88. The molecule has 0 bridgehead atoms. The molecule has 25 heavy (non-hydrogen) atoms. The molecule has 1 aliphatic heterocycles. The molecule has 0 spiro atoms. The van der Waals surface area contributed by atoms with Crippen LogP contribution < -0.4 is 10.6 Å². The molecule has 0 unspecified atom stereocenters. The molecule has 6 heteroatoms. The van der Waals surface area contributed by atoms with E-state index in [9.17, 15) is 4.79 Å². The highest BCUT2D eigenvalue weighted by Crippen LogP contribution is 2.19. The number of fused-ring (bicyclic) bond motifs is 1. The topological polar surface area (TPSA) is 73.1 Å². The summed E-state index contributed by atoms with van der Waals surface area (Å²) in [5.74, 6) is 1.40. The predicted octanol–water partition coefficient (Wildman–Crippen LogP) is 2.32. The molecule has 1 saturated heterocycles. The fourth-order valence-electron chi connectivity index (χ4n) is 3.86. The van der Waals surface area contributed by atoms with Gasteiger partial charge < -0.3 is 15.5 Å². The number of carbonyl (C=O) groups is 1. The molecule has 2 amide bonds. The van der Waals surface area contributed by atoms with Crippen LogP contribution >= 0.6 is 0 Å². The first kappa shape index (κ1) is 18.2. The summed E-state index contributed by atoms with van der Waals surface area (Å²) in [6.45, 7) is 8.93. The number of hydrogen-bond acceptors (Lipinski definition) is 3. The number of likely N-dealkylation sites (tertiary alicyclic amines) is 1. The van der Waals surface area contributed by atoms with Crippen molar-refractivity contribution in [3.05, 3.63) is 17.5 Å². The Morgan fingerprint density at radius 2 is 2.16 bits per heavy atom. The van der Waals surface area contributed by atoms with Gasteiger partial charge >= 0.3 is 6.03 Å². The van der Waals surface area contributed by atoms with E-state index in [0.717, 1.165) is 31.7 Å². The molecule has 140 valence electrons. The fraction of sp³-hybridized carbons (Fsp3) is 0.789. The average Bonchev–Trinajstić information content (AvgIpc) is 3.07. The van der Waals surface area contributed by atoms with Gasteiger partial charge in [0.05, 0.1) is 6.20 Å². The second-order valence-corrected chi connectivity index (χ2v) is 8.14. The third kappa shape index (κ3) is 5.46. The van der Waals surface area contributed by atoms with Gasteiger partial charge in [0.1, 0.15) is 0 Å². The molecule has 6 nitrogen and oxygen atoms in total. The van der Waals surface area contributed by atoms with E-state index in [4.69, 9.17) is 0 Å².